The lowest BCUT2D eigenvalue weighted by Crippen LogP contribution is -2.30. The van der Waals surface area contributed by atoms with Crippen LogP contribution in [-0.2, 0) is 10.3 Å². The van der Waals surface area contributed by atoms with Crippen LogP contribution in [0.1, 0.15) is 56.5 Å². The van der Waals surface area contributed by atoms with Gasteiger partial charge in [-0.3, -0.25) is 0 Å². The molecule has 0 radical (unpaired) electrons. The Morgan fingerprint density at radius 3 is 2.17 bits per heavy atom. The average Bonchev–Trinajstić information content (AvgIpc) is 2.51. The Bertz CT molecular complexity index is 436. The zero-order valence-electron chi connectivity index (χ0n) is 11.7. The van der Waals surface area contributed by atoms with Crippen LogP contribution in [0.2, 0.25) is 0 Å². The predicted octanol–water partition coefficient (Wildman–Crippen LogP) is 4.14. The lowest BCUT2D eigenvalue weighted by atomic mass is 9.79. The standard InChI is InChI=1S/C16H22O2/c1-11(2)9-16(10-12(3)4)14-8-6-5-7-13(14)15(17)18-16/h5-8,11-12H,9-10H2,1-4H3. The molecule has 18 heavy (non-hydrogen) atoms. The molecule has 98 valence electrons. The number of ether oxygens (including phenoxy) is 1. The first kappa shape index (κ1) is 13.1. The third-order valence-corrected chi connectivity index (χ3v) is 3.40. The van der Waals surface area contributed by atoms with E-state index in [1.807, 2.05) is 24.3 Å². The summed E-state index contributed by atoms with van der Waals surface area (Å²) in [5.74, 6) is 0.845. The molecule has 0 N–H and O–H groups in total. The average molecular weight is 246 g/mol. The Kier molecular flexibility index (Phi) is 3.47. The molecule has 0 aliphatic carbocycles. The van der Waals surface area contributed by atoms with E-state index in [-0.39, 0.29) is 5.97 Å². The quantitative estimate of drug-likeness (QED) is 0.746. The molecule has 0 aromatic heterocycles. The third kappa shape index (κ3) is 2.29. The highest BCUT2D eigenvalue weighted by molar-refractivity contribution is 5.94. The summed E-state index contributed by atoms with van der Waals surface area (Å²) in [6.45, 7) is 8.71. The highest BCUT2D eigenvalue weighted by Crippen LogP contribution is 2.45. The largest absolute Gasteiger partial charge is 0.451 e. The van der Waals surface area contributed by atoms with Gasteiger partial charge in [0, 0.05) is 5.56 Å². The summed E-state index contributed by atoms with van der Waals surface area (Å²) in [4.78, 5) is 12.0. The maximum Gasteiger partial charge on any atom is 0.339 e. The minimum absolute atomic E-state index is 0.160. The van der Waals surface area contributed by atoms with Crippen LogP contribution in [0.25, 0.3) is 0 Å². The number of cyclic esters (lactones) is 1. The van der Waals surface area contributed by atoms with Crippen molar-refractivity contribution in [3.63, 3.8) is 0 Å². The molecule has 0 saturated heterocycles. The number of rotatable bonds is 4. The van der Waals surface area contributed by atoms with Crippen molar-refractivity contribution in [2.45, 2.75) is 46.1 Å². The van der Waals surface area contributed by atoms with Gasteiger partial charge in [-0.15, -0.1) is 0 Å². The topological polar surface area (TPSA) is 26.3 Å². The molecule has 2 rings (SSSR count). The number of carbonyl (C=O) groups is 1. The van der Waals surface area contributed by atoms with E-state index in [9.17, 15) is 4.79 Å². The summed E-state index contributed by atoms with van der Waals surface area (Å²) in [5, 5.41) is 0. The highest BCUT2D eigenvalue weighted by Gasteiger charge is 2.45. The zero-order valence-corrected chi connectivity index (χ0v) is 11.7. The van der Waals surface area contributed by atoms with Gasteiger partial charge >= 0.3 is 5.97 Å². The van der Waals surface area contributed by atoms with Crippen molar-refractivity contribution in [2.24, 2.45) is 11.8 Å². The minimum atomic E-state index is -0.407. The van der Waals surface area contributed by atoms with Crippen LogP contribution >= 0.6 is 0 Å². The molecule has 0 atom stereocenters. The summed E-state index contributed by atoms with van der Waals surface area (Å²) >= 11 is 0. The summed E-state index contributed by atoms with van der Waals surface area (Å²) in [6.07, 6.45) is 1.79. The first-order valence-corrected chi connectivity index (χ1v) is 6.77. The zero-order chi connectivity index (χ0) is 13.3. The van der Waals surface area contributed by atoms with E-state index in [4.69, 9.17) is 4.74 Å². The van der Waals surface area contributed by atoms with E-state index in [0.717, 1.165) is 24.0 Å². The van der Waals surface area contributed by atoms with E-state index in [1.165, 1.54) is 0 Å². The lowest BCUT2D eigenvalue weighted by molar-refractivity contribution is -0.0302. The monoisotopic (exact) mass is 246 g/mol. The van der Waals surface area contributed by atoms with E-state index in [0.29, 0.717) is 11.8 Å². The summed E-state index contributed by atoms with van der Waals surface area (Å²) < 4.78 is 5.80. The Balaban J connectivity index is 2.46. The fourth-order valence-corrected chi connectivity index (χ4v) is 3.05. The van der Waals surface area contributed by atoms with Crippen molar-refractivity contribution >= 4 is 5.97 Å². The van der Waals surface area contributed by atoms with Crippen LogP contribution in [-0.4, -0.2) is 5.97 Å². The number of esters is 1. The number of hydrogen-bond donors (Lipinski definition) is 0. The maximum absolute atomic E-state index is 12.0. The Labute approximate surface area is 109 Å². The molecule has 2 heteroatoms. The second-order valence-corrected chi connectivity index (χ2v) is 6.13. The molecule has 0 bridgehead atoms. The van der Waals surface area contributed by atoms with E-state index in [2.05, 4.69) is 27.7 Å². The normalized spacial score (nSPS) is 17.1. The Hall–Kier alpha value is -1.31. The number of hydrogen-bond acceptors (Lipinski definition) is 2. The molecule has 0 saturated carbocycles. The number of benzene rings is 1. The molecule has 1 aliphatic rings. The number of fused-ring (bicyclic) bond motifs is 1. The molecule has 1 aliphatic heterocycles. The van der Waals surface area contributed by atoms with Gasteiger partial charge in [0.1, 0.15) is 5.60 Å². The SMILES string of the molecule is CC(C)CC1(CC(C)C)OC(=O)c2ccccc21. The molecule has 2 nitrogen and oxygen atoms in total. The van der Waals surface area contributed by atoms with Crippen molar-refractivity contribution in [3.8, 4) is 0 Å². The fourth-order valence-electron chi connectivity index (χ4n) is 3.05. The van der Waals surface area contributed by atoms with Crippen molar-refractivity contribution < 1.29 is 9.53 Å². The highest BCUT2D eigenvalue weighted by atomic mass is 16.6. The van der Waals surface area contributed by atoms with Crippen LogP contribution in [0.4, 0.5) is 0 Å². The molecular weight excluding hydrogens is 224 g/mol. The van der Waals surface area contributed by atoms with Gasteiger partial charge in [-0.2, -0.15) is 0 Å². The van der Waals surface area contributed by atoms with Crippen molar-refractivity contribution in [1.82, 2.24) is 0 Å². The number of carbonyl (C=O) groups excluding carboxylic acids is 1. The smallest absolute Gasteiger partial charge is 0.339 e. The lowest BCUT2D eigenvalue weighted by Gasteiger charge is -2.32. The van der Waals surface area contributed by atoms with Gasteiger partial charge in [0.25, 0.3) is 0 Å². The van der Waals surface area contributed by atoms with Crippen LogP contribution in [0, 0.1) is 11.8 Å². The first-order chi connectivity index (χ1) is 8.44. The van der Waals surface area contributed by atoms with Crippen molar-refractivity contribution in [3.05, 3.63) is 35.4 Å². The second kappa shape index (κ2) is 4.75. The molecule has 0 unspecified atom stereocenters. The van der Waals surface area contributed by atoms with Crippen LogP contribution < -0.4 is 0 Å². The van der Waals surface area contributed by atoms with Crippen LogP contribution in [0.15, 0.2) is 24.3 Å². The molecule has 0 spiro atoms. The van der Waals surface area contributed by atoms with Crippen molar-refractivity contribution in [2.75, 3.05) is 0 Å². The minimum Gasteiger partial charge on any atom is -0.451 e. The summed E-state index contributed by atoms with van der Waals surface area (Å²) in [5.41, 5.74) is 1.42. The first-order valence-electron chi connectivity index (χ1n) is 6.77. The molecule has 0 amide bonds. The molecule has 0 fully saturated rings. The third-order valence-electron chi connectivity index (χ3n) is 3.40. The van der Waals surface area contributed by atoms with Crippen LogP contribution in [0.3, 0.4) is 0 Å². The maximum atomic E-state index is 12.0. The van der Waals surface area contributed by atoms with E-state index in [1.54, 1.807) is 0 Å². The summed E-state index contributed by atoms with van der Waals surface area (Å²) in [6, 6.07) is 7.82. The molecule has 1 aromatic rings. The second-order valence-electron chi connectivity index (χ2n) is 6.13. The van der Waals surface area contributed by atoms with E-state index >= 15 is 0 Å². The summed E-state index contributed by atoms with van der Waals surface area (Å²) in [7, 11) is 0. The Morgan fingerprint density at radius 2 is 1.61 bits per heavy atom. The Morgan fingerprint density at radius 1 is 1.06 bits per heavy atom. The predicted molar refractivity (Wildman–Crippen MR) is 72.4 cm³/mol. The molecule has 1 heterocycles. The van der Waals surface area contributed by atoms with Gasteiger partial charge in [0.05, 0.1) is 5.56 Å². The molecular formula is C16H22O2. The fraction of sp³-hybridized carbons (Fsp3) is 0.562. The van der Waals surface area contributed by atoms with Gasteiger partial charge in [-0.05, 0) is 30.7 Å². The van der Waals surface area contributed by atoms with Gasteiger partial charge in [0.2, 0.25) is 0 Å². The van der Waals surface area contributed by atoms with Gasteiger partial charge in [-0.25, -0.2) is 4.79 Å². The molecule has 1 aromatic carbocycles. The van der Waals surface area contributed by atoms with Gasteiger partial charge < -0.3 is 4.74 Å². The van der Waals surface area contributed by atoms with E-state index < -0.39 is 5.60 Å². The van der Waals surface area contributed by atoms with Gasteiger partial charge in [-0.1, -0.05) is 45.9 Å². The van der Waals surface area contributed by atoms with Crippen LogP contribution in [0.5, 0.6) is 0 Å². The van der Waals surface area contributed by atoms with Gasteiger partial charge in [0.15, 0.2) is 0 Å². The van der Waals surface area contributed by atoms with Crippen molar-refractivity contribution in [1.29, 1.82) is 0 Å².